The molecule has 1 atom stereocenters. The summed E-state index contributed by atoms with van der Waals surface area (Å²) in [6.45, 7) is 5.70. The maximum Gasteiger partial charge on any atom is 0.408 e. The van der Waals surface area contributed by atoms with Gasteiger partial charge in [-0.3, -0.25) is 4.79 Å². The Bertz CT molecular complexity index is 368. The van der Waals surface area contributed by atoms with Gasteiger partial charge in [0.05, 0.1) is 6.07 Å². The molecule has 0 aromatic heterocycles. The third-order valence-electron chi connectivity index (χ3n) is 2.53. The Morgan fingerprint density at radius 3 is 2.72 bits per heavy atom. The molecule has 6 nitrogen and oxygen atoms in total. The van der Waals surface area contributed by atoms with Crippen molar-refractivity contribution in [3.8, 4) is 6.07 Å². The van der Waals surface area contributed by atoms with Crippen molar-refractivity contribution in [2.75, 3.05) is 13.2 Å². The van der Waals surface area contributed by atoms with Crippen LogP contribution in [-0.2, 0) is 9.53 Å². The molecule has 1 N–H and O–H groups in total. The number of carbonyl (C=O) groups excluding carboxylic acids is 2. The molecule has 0 aromatic rings. The maximum absolute atomic E-state index is 11.8. The van der Waals surface area contributed by atoms with Crippen LogP contribution in [0.15, 0.2) is 0 Å². The van der Waals surface area contributed by atoms with E-state index < -0.39 is 11.6 Å². The quantitative estimate of drug-likeness (QED) is 0.796. The van der Waals surface area contributed by atoms with Crippen LogP contribution in [0.1, 0.15) is 33.6 Å². The van der Waals surface area contributed by atoms with Gasteiger partial charge in [0.1, 0.15) is 6.04 Å². The molecule has 1 aliphatic rings. The topological polar surface area (TPSA) is 82.4 Å². The summed E-state index contributed by atoms with van der Waals surface area (Å²) in [5.74, 6) is -0.317. The number of carbonyl (C=O) groups is 2. The highest BCUT2D eigenvalue weighted by molar-refractivity contribution is 5.81. The van der Waals surface area contributed by atoms with Crippen LogP contribution >= 0.6 is 0 Å². The van der Waals surface area contributed by atoms with Crippen LogP contribution in [0, 0.1) is 11.3 Å². The lowest BCUT2D eigenvalue weighted by Crippen LogP contribution is -2.43. The second kappa shape index (κ2) is 5.71. The second-order valence-electron chi connectivity index (χ2n) is 5.33. The minimum Gasteiger partial charge on any atom is -0.439 e. The number of nitrogens with zero attached hydrogens (tertiary/aromatic N) is 2. The van der Waals surface area contributed by atoms with Crippen LogP contribution in [0.4, 0.5) is 4.79 Å². The van der Waals surface area contributed by atoms with Gasteiger partial charge < -0.3 is 15.0 Å². The standard InChI is InChI=1S/C12H19N3O3/c1-12(2,3)14-11(17)18-8-10(16)15-6-4-5-9(15)7-13/h9H,4-6,8H2,1-3H3,(H,14,17). The van der Waals surface area contributed by atoms with Crippen LogP contribution in [0.3, 0.4) is 0 Å². The summed E-state index contributed by atoms with van der Waals surface area (Å²) < 4.78 is 4.83. The zero-order valence-electron chi connectivity index (χ0n) is 11.0. The van der Waals surface area contributed by atoms with Crippen molar-refractivity contribution in [1.82, 2.24) is 10.2 Å². The Morgan fingerprint density at radius 2 is 2.17 bits per heavy atom. The molecule has 1 rings (SSSR count). The molecule has 1 heterocycles. The Labute approximate surface area is 107 Å². The molecule has 0 aromatic carbocycles. The molecule has 6 heteroatoms. The van der Waals surface area contributed by atoms with E-state index in [-0.39, 0.29) is 18.6 Å². The van der Waals surface area contributed by atoms with Crippen molar-refractivity contribution < 1.29 is 14.3 Å². The number of nitriles is 1. The van der Waals surface area contributed by atoms with Crippen molar-refractivity contribution in [2.24, 2.45) is 0 Å². The Hall–Kier alpha value is -1.77. The largest absolute Gasteiger partial charge is 0.439 e. The van der Waals surface area contributed by atoms with Crippen LogP contribution in [0.5, 0.6) is 0 Å². The Morgan fingerprint density at radius 1 is 1.50 bits per heavy atom. The summed E-state index contributed by atoms with van der Waals surface area (Å²) in [7, 11) is 0. The van der Waals surface area contributed by atoms with Crippen LogP contribution < -0.4 is 5.32 Å². The normalized spacial score (nSPS) is 19.2. The van der Waals surface area contributed by atoms with E-state index in [1.807, 2.05) is 20.8 Å². The minimum atomic E-state index is -0.622. The third-order valence-corrected chi connectivity index (χ3v) is 2.53. The summed E-state index contributed by atoms with van der Waals surface area (Å²) in [4.78, 5) is 24.6. The van der Waals surface area contributed by atoms with Crippen molar-refractivity contribution in [3.63, 3.8) is 0 Å². The van der Waals surface area contributed by atoms with Crippen molar-refractivity contribution >= 4 is 12.0 Å². The van der Waals surface area contributed by atoms with E-state index in [1.165, 1.54) is 4.90 Å². The lowest BCUT2D eigenvalue weighted by atomic mass is 10.1. The Balaban J connectivity index is 2.38. The minimum absolute atomic E-state index is 0.317. The molecule has 2 amide bonds. The number of ether oxygens (including phenoxy) is 1. The first-order valence-corrected chi connectivity index (χ1v) is 5.97. The highest BCUT2D eigenvalue weighted by Crippen LogP contribution is 2.16. The van der Waals surface area contributed by atoms with E-state index in [2.05, 4.69) is 11.4 Å². The fourth-order valence-corrected chi connectivity index (χ4v) is 1.75. The lowest BCUT2D eigenvalue weighted by Gasteiger charge is -2.22. The average Bonchev–Trinajstić information content (AvgIpc) is 2.71. The van der Waals surface area contributed by atoms with Gasteiger partial charge in [0.2, 0.25) is 0 Å². The molecule has 1 saturated heterocycles. The monoisotopic (exact) mass is 253 g/mol. The average molecular weight is 253 g/mol. The molecule has 0 spiro atoms. The van der Waals surface area contributed by atoms with Gasteiger partial charge in [0.15, 0.2) is 6.61 Å². The van der Waals surface area contributed by atoms with Gasteiger partial charge in [-0.1, -0.05) is 0 Å². The molecule has 18 heavy (non-hydrogen) atoms. The highest BCUT2D eigenvalue weighted by atomic mass is 16.6. The van der Waals surface area contributed by atoms with Gasteiger partial charge in [-0.15, -0.1) is 0 Å². The fourth-order valence-electron chi connectivity index (χ4n) is 1.75. The molecule has 0 aliphatic carbocycles. The lowest BCUT2D eigenvalue weighted by molar-refractivity contribution is -0.134. The van der Waals surface area contributed by atoms with Gasteiger partial charge in [0, 0.05) is 12.1 Å². The number of amides is 2. The van der Waals surface area contributed by atoms with Gasteiger partial charge in [-0.05, 0) is 33.6 Å². The fraction of sp³-hybridized carbons (Fsp3) is 0.750. The summed E-state index contributed by atoms with van der Waals surface area (Å²) in [6, 6.07) is 1.69. The molecule has 1 fully saturated rings. The summed E-state index contributed by atoms with van der Waals surface area (Å²) in [6.07, 6.45) is 0.887. The van der Waals surface area contributed by atoms with Gasteiger partial charge >= 0.3 is 6.09 Å². The van der Waals surface area contributed by atoms with Gasteiger partial charge in [-0.25, -0.2) is 4.79 Å². The van der Waals surface area contributed by atoms with E-state index in [0.717, 1.165) is 6.42 Å². The smallest absolute Gasteiger partial charge is 0.408 e. The number of nitrogens with one attached hydrogen (secondary N) is 1. The molecule has 0 bridgehead atoms. The first-order valence-electron chi connectivity index (χ1n) is 5.97. The van der Waals surface area contributed by atoms with E-state index in [9.17, 15) is 9.59 Å². The van der Waals surface area contributed by atoms with E-state index >= 15 is 0 Å². The zero-order valence-corrected chi connectivity index (χ0v) is 11.0. The van der Waals surface area contributed by atoms with Gasteiger partial charge in [-0.2, -0.15) is 5.26 Å². The van der Waals surface area contributed by atoms with Crippen LogP contribution in [-0.4, -0.2) is 41.6 Å². The van der Waals surface area contributed by atoms with Gasteiger partial charge in [0.25, 0.3) is 5.91 Å². The van der Waals surface area contributed by atoms with Crippen molar-refractivity contribution in [2.45, 2.75) is 45.2 Å². The summed E-state index contributed by atoms with van der Waals surface area (Å²) in [5, 5.41) is 11.4. The van der Waals surface area contributed by atoms with E-state index in [0.29, 0.717) is 13.0 Å². The molecule has 1 unspecified atom stereocenters. The van der Waals surface area contributed by atoms with Crippen LogP contribution in [0.25, 0.3) is 0 Å². The first kappa shape index (κ1) is 14.3. The number of hydrogen-bond acceptors (Lipinski definition) is 4. The molecule has 0 radical (unpaired) electrons. The molecular formula is C12H19N3O3. The summed E-state index contributed by atoms with van der Waals surface area (Å²) in [5.41, 5.74) is -0.400. The highest BCUT2D eigenvalue weighted by Gasteiger charge is 2.29. The number of likely N-dealkylation sites (tertiary alicyclic amines) is 1. The predicted molar refractivity (Wildman–Crippen MR) is 64.6 cm³/mol. The number of hydrogen-bond donors (Lipinski definition) is 1. The first-order chi connectivity index (χ1) is 8.33. The molecule has 100 valence electrons. The molecule has 0 saturated carbocycles. The van der Waals surface area contributed by atoms with Crippen molar-refractivity contribution in [3.05, 3.63) is 0 Å². The zero-order chi connectivity index (χ0) is 13.8. The Kier molecular flexibility index (Phi) is 4.54. The molecule has 1 aliphatic heterocycles. The SMILES string of the molecule is CC(C)(C)NC(=O)OCC(=O)N1CCCC1C#N. The number of alkyl carbamates (subject to hydrolysis) is 1. The maximum atomic E-state index is 11.8. The molecular weight excluding hydrogens is 234 g/mol. The van der Waals surface area contributed by atoms with E-state index in [1.54, 1.807) is 0 Å². The predicted octanol–water partition coefficient (Wildman–Crippen LogP) is 1.03. The van der Waals surface area contributed by atoms with E-state index in [4.69, 9.17) is 10.00 Å². The van der Waals surface area contributed by atoms with Crippen molar-refractivity contribution in [1.29, 1.82) is 5.26 Å². The third kappa shape index (κ3) is 4.24. The second-order valence-corrected chi connectivity index (χ2v) is 5.33. The summed E-state index contributed by atoms with van der Waals surface area (Å²) >= 11 is 0. The van der Waals surface area contributed by atoms with Crippen LogP contribution in [0.2, 0.25) is 0 Å². The number of rotatable bonds is 2.